The van der Waals surface area contributed by atoms with E-state index in [-0.39, 0.29) is 5.91 Å². The maximum Gasteiger partial charge on any atom is 0.265 e. The molecule has 0 spiro atoms. The molecule has 1 fully saturated rings. The van der Waals surface area contributed by atoms with Gasteiger partial charge in [0.1, 0.15) is 5.75 Å². The topological polar surface area (TPSA) is 65.8 Å². The minimum atomic E-state index is -0.542. The first kappa shape index (κ1) is 21.0. The van der Waals surface area contributed by atoms with E-state index >= 15 is 0 Å². The van der Waals surface area contributed by atoms with Crippen molar-refractivity contribution in [3.63, 3.8) is 0 Å². The van der Waals surface area contributed by atoms with Crippen LogP contribution in [0.2, 0.25) is 0 Å². The number of amides is 1. The van der Waals surface area contributed by atoms with Gasteiger partial charge in [-0.05, 0) is 34.9 Å². The fourth-order valence-corrected chi connectivity index (χ4v) is 4.42. The maximum atomic E-state index is 13.1. The Hall–Kier alpha value is -3.82. The average Bonchev–Trinajstić information content (AvgIpc) is 2.89. The van der Waals surface area contributed by atoms with Crippen molar-refractivity contribution in [1.29, 1.82) is 5.26 Å². The number of anilines is 1. The number of carbonyl (C=O) groups is 1. The number of rotatable bonds is 4. The molecule has 3 aromatic carbocycles. The molecule has 2 heterocycles. The molecule has 1 saturated heterocycles. The summed E-state index contributed by atoms with van der Waals surface area (Å²) in [5, 5.41) is 9.40. The van der Waals surface area contributed by atoms with Crippen molar-refractivity contribution in [1.82, 2.24) is 4.90 Å². The molecular weight excluding hydrogens is 414 g/mol. The van der Waals surface area contributed by atoms with E-state index in [1.54, 1.807) is 0 Å². The van der Waals surface area contributed by atoms with Crippen molar-refractivity contribution in [2.45, 2.75) is 12.6 Å². The molecule has 0 aliphatic carbocycles. The highest BCUT2D eigenvalue weighted by Gasteiger charge is 2.34. The third-order valence-electron chi connectivity index (χ3n) is 6.15. The number of para-hydroxylation sites is 2. The third kappa shape index (κ3) is 4.41. The minimum absolute atomic E-state index is 0.0151. The highest BCUT2D eigenvalue weighted by molar-refractivity contribution is 5.83. The second-order valence-electron chi connectivity index (χ2n) is 8.25. The number of carbonyl (C=O) groups excluding carboxylic acids is 1. The predicted molar refractivity (Wildman–Crippen MR) is 126 cm³/mol. The van der Waals surface area contributed by atoms with Crippen LogP contribution < -0.4 is 9.64 Å². The van der Waals surface area contributed by atoms with Crippen LogP contribution in [0.25, 0.3) is 11.1 Å². The van der Waals surface area contributed by atoms with Gasteiger partial charge in [-0.1, -0.05) is 54.6 Å². The Morgan fingerprint density at radius 1 is 0.970 bits per heavy atom. The number of benzene rings is 3. The van der Waals surface area contributed by atoms with Crippen LogP contribution >= 0.6 is 0 Å². The molecule has 6 nitrogen and oxygen atoms in total. The van der Waals surface area contributed by atoms with Crippen LogP contribution in [-0.4, -0.2) is 49.8 Å². The molecule has 3 aromatic rings. The summed E-state index contributed by atoms with van der Waals surface area (Å²) in [6.45, 7) is 3.50. The number of hydrogen-bond donors (Lipinski definition) is 0. The fraction of sp³-hybridized carbons (Fsp3) is 0.259. The average molecular weight is 440 g/mol. The molecule has 2 aliphatic heterocycles. The molecule has 0 bridgehead atoms. The smallest absolute Gasteiger partial charge is 0.265 e. The van der Waals surface area contributed by atoms with Crippen LogP contribution in [0.3, 0.4) is 0 Å². The van der Waals surface area contributed by atoms with Crippen LogP contribution in [-0.2, 0) is 16.1 Å². The van der Waals surface area contributed by atoms with Gasteiger partial charge in [-0.15, -0.1) is 0 Å². The Morgan fingerprint density at radius 3 is 2.48 bits per heavy atom. The Labute approximate surface area is 193 Å². The van der Waals surface area contributed by atoms with Crippen molar-refractivity contribution < 1.29 is 14.3 Å². The zero-order valence-electron chi connectivity index (χ0n) is 18.3. The standard InChI is InChI=1S/C27H25N3O3/c28-17-22-5-1-2-6-23(22)21-11-9-20(10-12-21)18-30-19-26(27(31)29-13-15-32-16-14-29)33-25-8-4-3-7-24(25)30/h1-12,26H,13-16,18-19H2. The number of nitrogens with zero attached hydrogens (tertiary/aromatic N) is 3. The van der Waals surface area contributed by atoms with Gasteiger partial charge in [-0.3, -0.25) is 4.79 Å². The Bertz CT molecular complexity index is 1180. The van der Waals surface area contributed by atoms with Crippen LogP contribution in [0.4, 0.5) is 5.69 Å². The first-order chi connectivity index (χ1) is 16.2. The third-order valence-corrected chi connectivity index (χ3v) is 6.15. The van der Waals surface area contributed by atoms with Gasteiger partial charge in [-0.25, -0.2) is 0 Å². The van der Waals surface area contributed by atoms with Gasteiger partial charge in [0.15, 0.2) is 6.10 Å². The summed E-state index contributed by atoms with van der Waals surface area (Å²) >= 11 is 0. The molecule has 2 aliphatic rings. The molecule has 1 unspecified atom stereocenters. The van der Waals surface area contributed by atoms with E-state index in [9.17, 15) is 10.1 Å². The van der Waals surface area contributed by atoms with Crippen LogP contribution in [0.15, 0.2) is 72.8 Å². The van der Waals surface area contributed by atoms with Crippen molar-refractivity contribution in [3.8, 4) is 22.9 Å². The largest absolute Gasteiger partial charge is 0.477 e. The van der Waals surface area contributed by atoms with E-state index in [1.807, 2.05) is 65.6 Å². The van der Waals surface area contributed by atoms with Crippen molar-refractivity contribution in [3.05, 3.63) is 83.9 Å². The first-order valence-electron chi connectivity index (χ1n) is 11.2. The second-order valence-corrected chi connectivity index (χ2v) is 8.25. The zero-order chi connectivity index (χ0) is 22.6. The van der Waals surface area contributed by atoms with E-state index in [2.05, 4.69) is 23.1 Å². The van der Waals surface area contributed by atoms with Gasteiger partial charge in [0.2, 0.25) is 0 Å². The highest BCUT2D eigenvalue weighted by atomic mass is 16.5. The number of ether oxygens (including phenoxy) is 2. The normalized spacial score (nSPS) is 17.6. The van der Waals surface area contributed by atoms with Gasteiger partial charge >= 0.3 is 0 Å². The number of fused-ring (bicyclic) bond motifs is 1. The molecule has 0 N–H and O–H groups in total. The molecule has 1 atom stereocenters. The summed E-state index contributed by atoms with van der Waals surface area (Å²) in [7, 11) is 0. The summed E-state index contributed by atoms with van der Waals surface area (Å²) in [5.41, 5.74) is 4.72. The number of nitriles is 1. The monoisotopic (exact) mass is 439 g/mol. The van der Waals surface area contributed by atoms with Crippen LogP contribution in [0, 0.1) is 11.3 Å². The lowest BCUT2D eigenvalue weighted by atomic mass is 9.99. The van der Waals surface area contributed by atoms with E-state index in [1.165, 1.54) is 0 Å². The zero-order valence-corrected chi connectivity index (χ0v) is 18.3. The molecule has 166 valence electrons. The summed E-state index contributed by atoms with van der Waals surface area (Å²) in [4.78, 5) is 17.2. The van der Waals surface area contributed by atoms with Crippen molar-refractivity contribution in [2.75, 3.05) is 37.7 Å². The lowest BCUT2D eigenvalue weighted by Crippen LogP contribution is -2.52. The summed E-state index contributed by atoms with van der Waals surface area (Å²) < 4.78 is 11.5. The van der Waals surface area contributed by atoms with Crippen molar-refractivity contribution in [2.24, 2.45) is 0 Å². The van der Waals surface area contributed by atoms with E-state index < -0.39 is 6.10 Å². The summed E-state index contributed by atoms with van der Waals surface area (Å²) in [6, 6.07) is 26.0. The minimum Gasteiger partial charge on any atom is -0.477 e. The molecule has 5 rings (SSSR count). The molecule has 0 radical (unpaired) electrons. The Balaban J connectivity index is 1.36. The van der Waals surface area contributed by atoms with E-state index in [4.69, 9.17) is 9.47 Å². The summed E-state index contributed by atoms with van der Waals surface area (Å²) in [5.74, 6) is 0.746. The highest BCUT2D eigenvalue weighted by Crippen LogP contribution is 2.35. The molecule has 1 amide bonds. The second kappa shape index (κ2) is 9.35. The molecule has 33 heavy (non-hydrogen) atoms. The van der Waals surface area contributed by atoms with E-state index in [0.29, 0.717) is 45.0 Å². The van der Waals surface area contributed by atoms with Gasteiger partial charge in [0, 0.05) is 19.6 Å². The molecule has 6 heteroatoms. The van der Waals surface area contributed by atoms with Gasteiger partial charge in [0.25, 0.3) is 5.91 Å². The predicted octanol–water partition coefficient (Wildman–Crippen LogP) is 3.85. The quantitative estimate of drug-likeness (QED) is 0.618. The fourth-order valence-electron chi connectivity index (χ4n) is 4.42. The van der Waals surface area contributed by atoms with Gasteiger partial charge < -0.3 is 19.3 Å². The van der Waals surface area contributed by atoms with Gasteiger partial charge in [-0.2, -0.15) is 5.26 Å². The SMILES string of the molecule is N#Cc1ccccc1-c1ccc(CN2CC(C(=O)N3CCOCC3)Oc3ccccc32)cc1. The Morgan fingerprint density at radius 2 is 1.70 bits per heavy atom. The lowest BCUT2D eigenvalue weighted by molar-refractivity contribution is -0.142. The summed E-state index contributed by atoms with van der Waals surface area (Å²) in [6.07, 6.45) is -0.542. The number of morpholine rings is 1. The molecule has 0 saturated carbocycles. The molecular formula is C27H25N3O3. The number of hydrogen-bond acceptors (Lipinski definition) is 5. The first-order valence-corrected chi connectivity index (χ1v) is 11.2. The lowest BCUT2D eigenvalue weighted by Gasteiger charge is -2.38. The maximum absolute atomic E-state index is 13.1. The van der Waals surface area contributed by atoms with E-state index in [0.717, 1.165) is 28.1 Å². The van der Waals surface area contributed by atoms with Crippen LogP contribution in [0.5, 0.6) is 5.75 Å². The van der Waals surface area contributed by atoms with Crippen LogP contribution in [0.1, 0.15) is 11.1 Å². The van der Waals surface area contributed by atoms with Gasteiger partial charge in [0.05, 0.1) is 37.1 Å². The molecule has 0 aromatic heterocycles. The Kier molecular flexibility index (Phi) is 5.97. The van der Waals surface area contributed by atoms with Crippen molar-refractivity contribution >= 4 is 11.6 Å².